The molecule has 4 heteroatoms. The summed E-state index contributed by atoms with van der Waals surface area (Å²) in [6.07, 6.45) is 3.27. The monoisotopic (exact) mass is 326 g/mol. The summed E-state index contributed by atoms with van der Waals surface area (Å²) in [6, 6.07) is 9.50. The first-order valence-electron chi connectivity index (χ1n) is 7.66. The Bertz CT molecular complexity index is 696. The first-order valence-corrected chi connectivity index (χ1v) is 7.66. The molecule has 0 aliphatic rings. The SMILES string of the molecule is C=C=C(C)C.CCCCCOc1cc2ccccc2[nH]c1=O.[Al]. The molecule has 0 atom stereocenters. The van der Waals surface area contributed by atoms with Gasteiger partial charge in [0.05, 0.1) is 6.61 Å². The van der Waals surface area contributed by atoms with Crippen LogP contribution in [0.25, 0.3) is 10.9 Å². The molecule has 121 valence electrons. The molecular formula is C19H25AlNO2. The van der Waals surface area contributed by atoms with Crippen LogP contribution in [0.15, 0.2) is 53.0 Å². The van der Waals surface area contributed by atoms with Gasteiger partial charge in [-0.1, -0.05) is 44.5 Å². The Morgan fingerprint density at radius 3 is 2.52 bits per heavy atom. The second kappa shape index (κ2) is 11.8. The number of fused-ring (bicyclic) bond motifs is 1. The van der Waals surface area contributed by atoms with Crippen molar-refractivity contribution in [1.29, 1.82) is 0 Å². The van der Waals surface area contributed by atoms with Crippen LogP contribution in [0, 0.1) is 0 Å². The standard InChI is InChI=1S/C14H17NO2.C5H8.Al/c1-2-3-6-9-17-13-10-11-7-4-5-8-12(11)15-14(13)16;1-4-5(2)3;/h4-5,7-8,10H,2-3,6,9H2,1H3,(H,15,16);1H2,2-3H3;. The molecule has 1 heterocycles. The van der Waals surface area contributed by atoms with Crippen molar-refractivity contribution < 1.29 is 4.74 Å². The molecule has 2 aromatic rings. The van der Waals surface area contributed by atoms with Crippen molar-refractivity contribution in [1.82, 2.24) is 4.98 Å². The van der Waals surface area contributed by atoms with Crippen molar-refractivity contribution in [3.8, 4) is 5.75 Å². The summed E-state index contributed by atoms with van der Waals surface area (Å²) >= 11 is 0. The minimum absolute atomic E-state index is 0. The molecule has 2 rings (SSSR count). The minimum atomic E-state index is -0.153. The van der Waals surface area contributed by atoms with E-state index < -0.39 is 0 Å². The first kappa shape index (κ1) is 21.3. The van der Waals surface area contributed by atoms with Gasteiger partial charge in [-0.05, 0) is 38.0 Å². The Morgan fingerprint density at radius 2 is 1.91 bits per heavy atom. The first-order chi connectivity index (χ1) is 10.6. The van der Waals surface area contributed by atoms with Gasteiger partial charge in [0.2, 0.25) is 0 Å². The molecule has 0 fully saturated rings. The number of pyridine rings is 1. The number of nitrogens with one attached hydrogen (secondary N) is 1. The zero-order valence-electron chi connectivity index (χ0n) is 14.3. The zero-order valence-corrected chi connectivity index (χ0v) is 15.5. The van der Waals surface area contributed by atoms with Crippen molar-refractivity contribution >= 4 is 28.3 Å². The molecule has 0 amide bonds. The van der Waals surface area contributed by atoms with E-state index in [1.807, 2.05) is 38.1 Å². The van der Waals surface area contributed by atoms with Crippen LogP contribution in [-0.2, 0) is 0 Å². The Kier molecular flexibility index (Phi) is 10.9. The zero-order chi connectivity index (χ0) is 16.4. The topological polar surface area (TPSA) is 42.1 Å². The lowest BCUT2D eigenvalue weighted by Gasteiger charge is -2.05. The van der Waals surface area contributed by atoms with Gasteiger partial charge in [-0.25, -0.2) is 0 Å². The number of aromatic nitrogens is 1. The molecule has 1 aromatic carbocycles. The molecule has 0 aliphatic heterocycles. The van der Waals surface area contributed by atoms with Crippen LogP contribution in [0.1, 0.15) is 40.0 Å². The number of unbranched alkanes of at least 4 members (excludes halogenated alkanes) is 2. The number of hydrogen-bond donors (Lipinski definition) is 1. The van der Waals surface area contributed by atoms with E-state index in [9.17, 15) is 4.79 Å². The van der Waals surface area contributed by atoms with Crippen molar-refractivity contribution in [3.05, 3.63) is 58.6 Å². The van der Waals surface area contributed by atoms with Crippen LogP contribution < -0.4 is 10.3 Å². The Hall–Kier alpha value is -1.72. The lowest BCUT2D eigenvalue weighted by atomic mass is 10.2. The smallest absolute Gasteiger partial charge is 0.290 e. The summed E-state index contributed by atoms with van der Waals surface area (Å²) < 4.78 is 5.50. The Morgan fingerprint density at radius 1 is 1.26 bits per heavy atom. The van der Waals surface area contributed by atoms with E-state index in [2.05, 4.69) is 24.2 Å². The van der Waals surface area contributed by atoms with E-state index in [4.69, 9.17) is 4.74 Å². The minimum Gasteiger partial charge on any atom is -0.488 e. The lowest BCUT2D eigenvalue weighted by Crippen LogP contribution is -2.11. The average molecular weight is 326 g/mol. The largest absolute Gasteiger partial charge is 0.488 e. The molecule has 3 nitrogen and oxygen atoms in total. The van der Waals surface area contributed by atoms with E-state index in [1.54, 1.807) is 6.07 Å². The van der Waals surface area contributed by atoms with Gasteiger partial charge in [0.15, 0.2) is 5.75 Å². The fourth-order valence-corrected chi connectivity index (χ4v) is 1.77. The highest BCUT2D eigenvalue weighted by molar-refractivity contribution is 5.79. The molecular weight excluding hydrogens is 301 g/mol. The predicted octanol–water partition coefficient (Wildman–Crippen LogP) is 4.45. The van der Waals surface area contributed by atoms with E-state index in [-0.39, 0.29) is 22.9 Å². The highest BCUT2D eigenvalue weighted by atomic mass is 27.0. The molecule has 3 radical (unpaired) electrons. The van der Waals surface area contributed by atoms with Gasteiger partial charge in [-0.15, -0.1) is 5.73 Å². The lowest BCUT2D eigenvalue weighted by molar-refractivity contribution is 0.303. The molecule has 0 unspecified atom stereocenters. The number of allylic oxidation sites excluding steroid dienone is 1. The third-order valence-electron chi connectivity index (χ3n) is 3.08. The molecule has 1 aromatic heterocycles. The Labute approximate surface area is 149 Å². The van der Waals surface area contributed by atoms with Crippen LogP contribution in [-0.4, -0.2) is 29.0 Å². The highest BCUT2D eigenvalue weighted by Crippen LogP contribution is 2.14. The van der Waals surface area contributed by atoms with Gasteiger partial charge in [-0.2, -0.15) is 0 Å². The maximum Gasteiger partial charge on any atom is 0.290 e. The van der Waals surface area contributed by atoms with Crippen molar-refractivity contribution in [2.24, 2.45) is 0 Å². The van der Waals surface area contributed by atoms with E-state index in [0.717, 1.165) is 35.7 Å². The van der Waals surface area contributed by atoms with E-state index in [1.165, 1.54) is 0 Å². The van der Waals surface area contributed by atoms with Crippen LogP contribution >= 0.6 is 0 Å². The molecule has 0 spiro atoms. The summed E-state index contributed by atoms with van der Waals surface area (Å²) in [6.45, 7) is 10.1. The van der Waals surface area contributed by atoms with Gasteiger partial charge in [-0.3, -0.25) is 4.79 Å². The van der Waals surface area contributed by atoms with Gasteiger partial charge in [0.1, 0.15) is 0 Å². The van der Waals surface area contributed by atoms with Crippen molar-refractivity contribution in [2.45, 2.75) is 40.0 Å². The molecule has 1 N–H and O–H groups in total. The predicted molar refractivity (Wildman–Crippen MR) is 99.3 cm³/mol. The second-order valence-electron chi connectivity index (χ2n) is 5.28. The van der Waals surface area contributed by atoms with Crippen LogP contribution in [0.4, 0.5) is 0 Å². The van der Waals surface area contributed by atoms with Crippen molar-refractivity contribution in [3.63, 3.8) is 0 Å². The molecule has 0 aliphatic carbocycles. The summed E-state index contributed by atoms with van der Waals surface area (Å²) in [5.74, 6) is 0.416. The number of para-hydroxylation sites is 1. The summed E-state index contributed by atoms with van der Waals surface area (Å²) in [5, 5.41) is 0.998. The summed E-state index contributed by atoms with van der Waals surface area (Å²) in [4.78, 5) is 14.5. The third kappa shape index (κ3) is 7.91. The van der Waals surface area contributed by atoms with Gasteiger partial charge in [0, 0.05) is 28.3 Å². The quantitative estimate of drug-likeness (QED) is 0.501. The van der Waals surface area contributed by atoms with Crippen LogP contribution in [0.2, 0.25) is 0 Å². The maximum atomic E-state index is 11.7. The van der Waals surface area contributed by atoms with Gasteiger partial charge in [0.25, 0.3) is 5.56 Å². The number of hydrogen-bond acceptors (Lipinski definition) is 2. The van der Waals surface area contributed by atoms with Crippen molar-refractivity contribution in [2.75, 3.05) is 6.61 Å². The normalized spacial score (nSPS) is 9.17. The Balaban J connectivity index is 0.000000709. The molecule has 0 saturated heterocycles. The highest BCUT2D eigenvalue weighted by Gasteiger charge is 2.02. The number of benzene rings is 1. The van der Waals surface area contributed by atoms with Gasteiger partial charge < -0.3 is 9.72 Å². The fourth-order valence-electron chi connectivity index (χ4n) is 1.77. The summed E-state index contributed by atoms with van der Waals surface area (Å²) in [5.41, 5.74) is 4.53. The second-order valence-corrected chi connectivity index (χ2v) is 5.28. The number of rotatable bonds is 5. The fraction of sp³-hybridized carbons (Fsp3) is 0.368. The summed E-state index contributed by atoms with van der Waals surface area (Å²) in [7, 11) is 0. The molecule has 0 saturated carbocycles. The van der Waals surface area contributed by atoms with Crippen LogP contribution in [0.3, 0.4) is 0 Å². The van der Waals surface area contributed by atoms with Crippen LogP contribution in [0.5, 0.6) is 5.75 Å². The molecule has 0 bridgehead atoms. The van der Waals surface area contributed by atoms with Gasteiger partial charge >= 0.3 is 0 Å². The number of ether oxygens (including phenoxy) is 1. The van der Waals surface area contributed by atoms with E-state index >= 15 is 0 Å². The number of aromatic amines is 1. The maximum absolute atomic E-state index is 11.7. The third-order valence-corrected chi connectivity index (χ3v) is 3.08. The molecule has 23 heavy (non-hydrogen) atoms. The number of H-pyrrole nitrogens is 1. The average Bonchev–Trinajstić information content (AvgIpc) is 2.52. The van der Waals surface area contributed by atoms with E-state index in [0.29, 0.717) is 12.4 Å².